The maximum atomic E-state index is 6.28. The lowest BCUT2D eigenvalue weighted by Gasteiger charge is -2.48. The summed E-state index contributed by atoms with van der Waals surface area (Å²) in [5.74, 6) is 0. The highest BCUT2D eigenvalue weighted by Gasteiger charge is 2.50. The Hall–Kier alpha value is 0.757. The van der Waals surface area contributed by atoms with Gasteiger partial charge in [-0.2, -0.15) is 0 Å². The first-order valence-electron chi connectivity index (χ1n) is 4.24. The van der Waals surface area contributed by atoms with E-state index < -0.39 is 12.7 Å². The summed E-state index contributed by atoms with van der Waals surface area (Å²) < 4.78 is 5.75. The third-order valence-corrected chi connectivity index (χ3v) is 6.30. The minimum absolute atomic E-state index is 0.0238. The van der Waals surface area contributed by atoms with Crippen LogP contribution in [0.15, 0.2) is 0 Å². The van der Waals surface area contributed by atoms with Gasteiger partial charge in [-0.1, -0.05) is 25.4 Å². The highest BCUT2D eigenvalue weighted by molar-refractivity contribution is 7.16. The molecule has 0 aliphatic carbocycles. The van der Waals surface area contributed by atoms with Crippen molar-refractivity contribution in [2.24, 2.45) is 5.41 Å². The second-order valence-electron chi connectivity index (χ2n) is 4.50. The predicted molar refractivity (Wildman–Crippen MR) is 56.0 cm³/mol. The highest BCUT2D eigenvalue weighted by atomic mass is 35.6. The summed E-state index contributed by atoms with van der Waals surface area (Å²) >= 11 is 12.5. The Morgan fingerprint density at radius 2 is 1.83 bits per heavy atom. The Morgan fingerprint density at radius 3 is 2.17 bits per heavy atom. The second-order valence-corrected chi connectivity index (χ2v) is 10.5. The van der Waals surface area contributed by atoms with Gasteiger partial charge in [0, 0.05) is 5.41 Å². The molecule has 1 heterocycles. The second kappa shape index (κ2) is 2.87. The molecule has 0 aromatic rings. The molecule has 2 atom stereocenters. The van der Waals surface area contributed by atoms with Gasteiger partial charge in [0.05, 0.1) is 0 Å². The molecular weight excluding hydrogens is 211 g/mol. The molecule has 1 saturated heterocycles. The molecule has 0 N–H and O–H groups in total. The lowest BCUT2D eigenvalue weighted by molar-refractivity contribution is 0.0208. The van der Waals surface area contributed by atoms with Gasteiger partial charge < -0.3 is 4.43 Å². The predicted octanol–water partition coefficient (Wildman–Crippen LogP) is 3.70. The molecule has 0 radical (unpaired) electrons. The van der Waals surface area contributed by atoms with Crippen molar-refractivity contribution < 1.29 is 4.43 Å². The van der Waals surface area contributed by atoms with Crippen LogP contribution in [-0.2, 0) is 4.43 Å². The van der Waals surface area contributed by atoms with Gasteiger partial charge in [0.1, 0.15) is 5.06 Å². The van der Waals surface area contributed by atoms with Crippen LogP contribution in [0.1, 0.15) is 27.2 Å². The lowest BCUT2D eigenvalue weighted by atomic mass is 9.84. The molecule has 1 aliphatic rings. The molecule has 0 spiro atoms. The van der Waals surface area contributed by atoms with E-state index in [0.717, 1.165) is 12.5 Å². The van der Waals surface area contributed by atoms with Crippen LogP contribution in [0.25, 0.3) is 0 Å². The summed E-state index contributed by atoms with van der Waals surface area (Å²) in [5.41, 5.74) is 0.0238. The Kier molecular flexibility index (Phi) is 2.59. The summed E-state index contributed by atoms with van der Waals surface area (Å²) in [6.07, 6.45) is 1.05. The van der Waals surface area contributed by atoms with Crippen LogP contribution < -0.4 is 0 Å². The van der Waals surface area contributed by atoms with Crippen molar-refractivity contribution in [2.45, 2.75) is 44.8 Å². The first-order chi connectivity index (χ1) is 5.16. The third-order valence-electron chi connectivity index (χ3n) is 2.81. The van der Waals surface area contributed by atoms with Crippen molar-refractivity contribution >= 4 is 30.3 Å². The van der Waals surface area contributed by atoms with Crippen LogP contribution >= 0.6 is 22.7 Å². The molecule has 0 saturated carbocycles. The fourth-order valence-electron chi connectivity index (χ4n) is 1.35. The maximum absolute atomic E-state index is 6.28. The number of alkyl halides is 1. The van der Waals surface area contributed by atoms with Crippen LogP contribution in [0, 0.1) is 5.41 Å². The molecule has 0 bridgehead atoms. The SMILES string of the molecule is CC1(C)CC[Si](C)(Cl)OC1(C)Cl. The molecule has 12 heavy (non-hydrogen) atoms. The monoisotopic (exact) mass is 226 g/mol. The van der Waals surface area contributed by atoms with Gasteiger partial charge in [-0.25, -0.2) is 0 Å². The first-order valence-corrected chi connectivity index (χ1v) is 8.25. The van der Waals surface area contributed by atoms with Crippen molar-refractivity contribution in [3.8, 4) is 0 Å². The van der Waals surface area contributed by atoms with E-state index in [2.05, 4.69) is 13.8 Å². The molecule has 1 rings (SSSR count). The molecule has 0 aromatic carbocycles. The van der Waals surface area contributed by atoms with E-state index in [0.29, 0.717) is 0 Å². The van der Waals surface area contributed by atoms with Crippen LogP contribution in [0.2, 0.25) is 12.6 Å². The largest absolute Gasteiger partial charge is 0.384 e. The van der Waals surface area contributed by atoms with Gasteiger partial charge in [-0.05, 0) is 25.9 Å². The number of hydrogen-bond donors (Lipinski definition) is 0. The fourth-order valence-corrected chi connectivity index (χ4v) is 5.07. The average molecular weight is 227 g/mol. The van der Waals surface area contributed by atoms with Crippen molar-refractivity contribution in [1.29, 1.82) is 0 Å². The van der Waals surface area contributed by atoms with Crippen LogP contribution in [0.4, 0.5) is 0 Å². The van der Waals surface area contributed by atoms with Crippen LogP contribution in [0.5, 0.6) is 0 Å². The molecule has 0 aromatic heterocycles. The molecule has 72 valence electrons. The Bertz CT molecular complexity index is 189. The van der Waals surface area contributed by atoms with E-state index >= 15 is 0 Å². The molecule has 1 fully saturated rings. The van der Waals surface area contributed by atoms with Crippen molar-refractivity contribution in [2.75, 3.05) is 0 Å². The fraction of sp³-hybridized carbons (Fsp3) is 1.00. The van der Waals surface area contributed by atoms with Crippen molar-refractivity contribution in [3.05, 3.63) is 0 Å². The molecular formula is C8H16Cl2OSi. The quantitative estimate of drug-likeness (QED) is 0.348. The van der Waals surface area contributed by atoms with E-state index in [1.54, 1.807) is 0 Å². The van der Waals surface area contributed by atoms with E-state index in [4.69, 9.17) is 27.1 Å². The molecule has 1 nitrogen and oxygen atoms in total. The van der Waals surface area contributed by atoms with Gasteiger partial charge >= 0.3 is 0 Å². The molecule has 1 aliphatic heterocycles. The summed E-state index contributed by atoms with van der Waals surface area (Å²) in [4.78, 5) is 0. The third kappa shape index (κ3) is 1.98. The Balaban J connectivity index is 2.82. The topological polar surface area (TPSA) is 9.23 Å². The Labute approximate surface area is 85.2 Å². The van der Waals surface area contributed by atoms with Crippen molar-refractivity contribution in [3.63, 3.8) is 0 Å². The van der Waals surface area contributed by atoms with Crippen LogP contribution in [0.3, 0.4) is 0 Å². The summed E-state index contributed by atoms with van der Waals surface area (Å²) in [6.45, 7) is 8.17. The normalized spacial score (nSPS) is 47.5. The van der Waals surface area contributed by atoms with Gasteiger partial charge in [0.15, 0.2) is 0 Å². The molecule has 2 unspecified atom stereocenters. The summed E-state index contributed by atoms with van der Waals surface area (Å²) in [5, 5.41) is -0.589. The minimum Gasteiger partial charge on any atom is -0.384 e. The van der Waals surface area contributed by atoms with Gasteiger partial charge in [0.25, 0.3) is 7.63 Å². The zero-order valence-corrected chi connectivity index (χ0v) is 10.6. The van der Waals surface area contributed by atoms with Gasteiger partial charge in [-0.3, -0.25) is 0 Å². The number of rotatable bonds is 0. The van der Waals surface area contributed by atoms with E-state index in [1.807, 2.05) is 13.5 Å². The lowest BCUT2D eigenvalue weighted by Crippen LogP contribution is -2.51. The van der Waals surface area contributed by atoms with Gasteiger partial charge in [-0.15, -0.1) is 11.1 Å². The molecule has 4 heteroatoms. The maximum Gasteiger partial charge on any atom is 0.288 e. The van der Waals surface area contributed by atoms with E-state index in [9.17, 15) is 0 Å². The van der Waals surface area contributed by atoms with Crippen molar-refractivity contribution in [1.82, 2.24) is 0 Å². The van der Waals surface area contributed by atoms with Gasteiger partial charge in [0.2, 0.25) is 0 Å². The standard InChI is InChI=1S/C8H16Cl2OSi/c1-7(2)5-6-12(4,10)11-8(7,3)9/h5-6H2,1-4H3. The number of hydrogen-bond acceptors (Lipinski definition) is 1. The van der Waals surface area contributed by atoms with Crippen LogP contribution in [-0.4, -0.2) is 12.7 Å². The summed E-state index contributed by atoms with van der Waals surface area (Å²) in [7, 11) is -1.97. The first kappa shape index (κ1) is 10.8. The summed E-state index contributed by atoms with van der Waals surface area (Å²) in [6, 6.07) is 0.990. The zero-order chi connectivity index (χ0) is 9.62. The Morgan fingerprint density at radius 1 is 1.33 bits per heavy atom. The molecule has 0 amide bonds. The zero-order valence-electron chi connectivity index (χ0n) is 8.08. The highest BCUT2D eigenvalue weighted by Crippen LogP contribution is 2.49. The minimum atomic E-state index is -1.97. The van der Waals surface area contributed by atoms with E-state index in [1.165, 1.54) is 0 Å². The number of halogens is 2. The average Bonchev–Trinajstić information content (AvgIpc) is 1.79. The smallest absolute Gasteiger partial charge is 0.288 e. The van der Waals surface area contributed by atoms with E-state index in [-0.39, 0.29) is 5.41 Å².